The molecule has 4 heteroatoms. The van der Waals surface area contributed by atoms with Gasteiger partial charge in [-0.25, -0.2) is 4.39 Å². The summed E-state index contributed by atoms with van der Waals surface area (Å²) in [7, 11) is 1.59. The highest BCUT2D eigenvalue weighted by molar-refractivity contribution is 5.36. The van der Waals surface area contributed by atoms with E-state index >= 15 is 0 Å². The van der Waals surface area contributed by atoms with Crippen LogP contribution in [0.25, 0.3) is 0 Å². The van der Waals surface area contributed by atoms with Gasteiger partial charge in [0.15, 0.2) is 0 Å². The molecule has 1 atom stereocenters. The van der Waals surface area contributed by atoms with Gasteiger partial charge in [0.25, 0.3) is 0 Å². The van der Waals surface area contributed by atoms with Crippen molar-refractivity contribution in [3.63, 3.8) is 0 Å². The van der Waals surface area contributed by atoms with E-state index in [9.17, 15) is 4.39 Å². The summed E-state index contributed by atoms with van der Waals surface area (Å²) in [5, 5.41) is 3.30. The second-order valence-electron chi connectivity index (χ2n) is 4.50. The van der Waals surface area contributed by atoms with Gasteiger partial charge < -0.3 is 15.8 Å². The maximum atomic E-state index is 13.3. The minimum atomic E-state index is -0.259. The van der Waals surface area contributed by atoms with Gasteiger partial charge in [0.05, 0.1) is 7.11 Å². The number of ether oxygens (including phenoxy) is 1. The Kier molecular flexibility index (Phi) is 3.97. The lowest BCUT2D eigenvalue weighted by Gasteiger charge is -2.29. The zero-order valence-corrected chi connectivity index (χ0v) is 10.1. The van der Waals surface area contributed by atoms with Gasteiger partial charge in [0.2, 0.25) is 0 Å². The Balaban J connectivity index is 2.21. The number of halogens is 1. The highest BCUT2D eigenvalue weighted by Gasteiger charge is 2.24. The molecule has 0 spiro atoms. The van der Waals surface area contributed by atoms with Gasteiger partial charge in [-0.3, -0.25) is 0 Å². The van der Waals surface area contributed by atoms with Gasteiger partial charge in [-0.2, -0.15) is 0 Å². The van der Waals surface area contributed by atoms with Crippen LogP contribution < -0.4 is 15.8 Å². The molecule has 0 aromatic heterocycles. The molecule has 1 aliphatic heterocycles. The highest BCUT2D eigenvalue weighted by Crippen LogP contribution is 2.32. The third-order valence-electron chi connectivity index (χ3n) is 3.44. The van der Waals surface area contributed by atoms with E-state index in [1.54, 1.807) is 13.2 Å². The fourth-order valence-electron chi connectivity index (χ4n) is 2.42. The highest BCUT2D eigenvalue weighted by atomic mass is 19.1. The first-order valence-electron chi connectivity index (χ1n) is 6.02. The molecule has 0 radical (unpaired) electrons. The lowest BCUT2D eigenvalue weighted by atomic mass is 9.86. The molecule has 1 aliphatic rings. The molecule has 2 rings (SSSR count). The van der Waals surface area contributed by atoms with Crippen molar-refractivity contribution < 1.29 is 9.13 Å². The van der Waals surface area contributed by atoms with Crippen molar-refractivity contribution in [2.45, 2.75) is 18.9 Å². The average molecular weight is 238 g/mol. The van der Waals surface area contributed by atoms with Crippen molar-refractivity contribution in [3.05, 3.63) is 29.6 Å². The van der Waals surface area contributed by atoms with Crippen molar-refractivity contribution >= 4 is 0 Å². The molecule has 3 nitrogen and oxygen atoms in total. The minimum absolute atomic E-state index is 0.150. The molecule has 0 bridgehead atoms. The van der Waals surface area contributed by atoms with Crippen LogP contribution in [-0.4, -0.2) is 20.2 Å². The normalized spacial score (nSPS) is 19.0. The molecule has 0 saturated carbocycles. The largest absolute Gasteiger partial charge is 0.496 e. The molecule has 1 heterocycles. The van der Waals surface area contributed by atoms with Crippen LogP contribution in [0.15, 0.2) is 18.2 Å². The molecule has 1 unspecified atom stereocenters. The molecule has 0 amide bonds. The monoisotopic (exact) mass is 238 g/mol. The van der Waals surface area contributed by atoms with Crippen LogP contribution in [0.5, 0.6) is 5.75 Å². The summed E-state index contributed by atoms with van der Waals surface area (Å²) < 4.78 is 18.5. The van der Waals surface area contributed by atoms with E-state index in [1.165, 1.54) is 12.1 Å². The molecule has 1 aromatic rings. The summed E-state index contributed by atoms with van der Waals surface area (Å²) in [4.78, 5) is 0. The minimum Gasteiger partial charge on any atom is -0.496 e. The summed E-state index contributed by atoms with van der Waals surface area (Å²) in [6.45, 7) is 1.96. The maximum absolute atomic E-state index is 13.3. The standard InChI is InChI=1S/C13H19FN2O/c1-17-12-3-2-10(14)8-11(12)13(15)9-4-6-16-7-5-9/h2-3,8-9,13,16H,4-7,15H2,1H3. The van der Waals surface area contributed by atoms with Crippen LogP contribution >= 0.6 is 0 Å². The summed E-state index contributed by atoms with van der Waals surface area (Å²) >= 11 is 0. The molecule has 17 heavy (non-hydrogen) atoms. The van der Waals surface area contributed by atoms with Crippen LogP contribution in [0.4, 0.5) is 4.39 Å². The second-order valence-corrected chi connectivity index (χ2v) is 4.50. The summed E-state index contributed by atoms with van der Waals surface area (Å²) in [6.07, 6.45) is 2.06. The Morgan fingerprint density at radius 3 is 2.76 bits per heavy atom. The second kappa shape index (κ2) is 5.47. The third-order valence-corrected chi connectivity index (χ3v) is 3.44. The first kappa shape index (κ1) is 12.3. The molecule has 94 valence electrons. The van der Waals surface area contributed by atoms with E-state index in [4.69, 9.17) is 10.5 Å². The predicted molar refractivity (Wildman–Crippen MR) is 65.5 cm³/mol. The number of piperidine rings is 1. The number of rotatable bonds is 3. The number of benzene rings is 1. The first-order valence-corrected chi connectivity index (χ1v) is 6.02. The number of methoxy groups -OCH3 is 1. The summed E-state index contributed by atoms with van der Waals surface area (Å²) in [5.41, 5.74) is 7.02. The lowest BCUT2D eigenvalue weighted by molar-refractivity contribution is 0.313. The van der Waals surface area contributed by atoms with E-state index < -0.39 is 0 Å². The smallest absolute Gasteiger partial charge is 0.123 e. The SMILES string of the molecule is COc1ccc(F)cc1C(N)C1CCNCC1. The van der Waals surface area contributed by atoms with Crippen LogP contribution in [0.3, 0.4) is 0 Å². The van der Waals surface area contributed by atoms with E-state index in [0.717, 1.165) is 31.5 Å². The van der Waals surface area contributed by atoms with Crippen LogP contribution in [0, 0.1) is 11.7 Å². The van der Waals surface area contributed by atoms with Crippen molar-refractivity contribution in [1.29, 1.82) is 0 Å². The molecular weight excluding hydrogens is 219 g/mol. The van der Waals surface area contributed by atoms with E-state index in [0.29, 0.717) is 11.7 Å². The summed E-state index contributed by atoms with van der Waals surface area (Å²) in [5.74, 6) is 0.814. The molecule has 1 saturated heterocycles. The van der Waals surface area contributed by atoms with Crippen molar-refractivity contribution in [1.82, 2.24) is 5.32 Å². The van der Waals surface area contributed by atoms with Gasteiger partial charge in [-0.05, 0) is 50.0 Å². The van der Waals surface area contributed by atoms with E-state index in [-0.39, 0.29) is 11.9 Å². The van der Waals surface area contributed by atoms with Gasteiger partial charge >= 0.3 is 0 Å². The molecule has 3 N–H and O–H groups in total. The zero-order chi connectivity index (χ0) is 12.3. The van der Waals surface area contributed by atoms with Crippen LogP contribution in [0.1, 0.15) is 24.4 Å². The molecule has 1 aromatic carbocycles. The van der Waals surface area contributed by atoms with Gasteiger partial charge in [0, 0.05) is 11.6 Å². The van der Waals surface area contributed by atoms with Gasteiger partial charge in [-0.15, -0.1) is 0 Å². The average Bonchev–Trinajstić information content (AvgIpc) is 2.39. The lowest BCUT2D eigenvalue weighted by Crippen LogP contribution is -2.34. The number of hydrogen-bond donors (Lipinski definition) is 2. The number of hydrogen-bond acceptors (Lipinski definition) is 3. The third kappa shape index (κ3) is 2.76. The van der Waals surface area contributed by atoms with Crippen LogP contribution in [0.2, 0.25) is 0 Å². The molecule has 0 aliphatic carbocycles. The Labute approximate surface area is 101 Å². The quantitative estimate of drug-likeness (QED) is 0.844. The van der Waals surface area contributed by atoms with Crippen molar-refractivity contribution in [3.8, 4) is 5.75 Å². The van der Waals surface area contributed by atoms with Crippen LogP contribution in [-0.2, 0) is 0 Å². The zero-order valence-electron chi connectivity index (χ0n) is 10.1. The fourth-order valence-corrected chi connectivity index (χ4v) is 2.42. The Morgan fingerprint density at radius 2 is 2.12 bits per heavy atom. The van der Waals surface area contributed by atoms with Crippen molar-refractivity contribution in [2.24, 2.45) is 11.7 Å². The van der Waals surface area contributed by atoms with Crippen molar-refractivity contribution in [2.75, 3.05) is 20.2 Å². The fraction of sp³-hybridized carbons (Fsp3) is 0.538. The Morgan fingerprint density at radius 1 is 1.41 bits per heavy atom. The Bertz CT molecular complexity index is 378. The molecule has 1 fully saturated rings. The van der Waals surface area contributed by atoms with Gasteiger partial charge in [0.1, 0.15) is 11.6 Å². The summed E-state index contributed by atoms with van der Waals surface area (Å²) in [6, 6.07) is 4.39. The topological polar surface area (TPSA) is 47.3 Å². The van der Waals surface area contributed by atoms with E-state index in [2.05, 4.69) is 5.32 Å². The number of nitrogens with two attached hydrogens (primary N) is 1. The number of nitrogens with one attached hydrogen (secondary N) is 1. The first-order chi connectivity index (χ1) is 8.22. The van der Waals surface area contributed by atoms with E-state index in [1.807, 2.05) is 0 Å². The van der Waals surface area contributed by atoms with Gasteiger partial charge in [-0.1, -0.05) is 0 Å². The predicted octanol–water partition coefficient (Wildman–Crippen LogP) is 1.83. The maximum Gasteiger partial charge on any atom is 0.123 e. The Hall–Kier alpha value is -1.13. The molecular formula is C13H19FN2O.